The van der Waals surface area contributed by atoms with E-state index in [2.05, 4.69) is 205 Å². The van der Waals surface area contributed by atoms with E-state index in [0.29, 0.717) is 0 Å². The van der Waals surface area contributed by atoms with E-state index >= 15 is 0 Å². The van der Waals surface area contributed by atoms with Crippen molar-refractivity contribution in [1.29, 1.82) is 0 Å². The van der Waals surface area contributed by atoms with Crippen LogP contribution in [0.2, 0.25) is 0 Å². The molecule has 0 unspecified atom stereocenters. The second-order valence-corrected chi connectivity index (χ2v) is 13.0. The molecular formula is C50H35NO. The molecule has 0 saturated heterocycles. The third kappa shape index (κ3) is 6.08. The van der Waals surface area contributed by atoms with Crippen LogP contribution in [-0.2, 0) is 0 Å². The highest BCUT2D eigenvalue weighted by molar-refractivity contribution is 5.92. The van der Waals surface area contributed by atoms with Gasteiger partial charge in [-0.05, 0) is 87.5 Å². The van der Waals surface area contributed by atoms with Gasteiger partial charge >= 0.3 is 0 Å². The van der Waals surface area contributed by atoms with Gasteiger partial charge in [-0.1, -0.05) is 164 Å². The molecule has 0 atom stereocenters. The first-order valence-electron chi connectivity index (χ1n) is 17.7. The minimum atomic E-state index is 0.862. The molecule has 9 aromatic rings. The molecule has 9 rings (SSSR count). The molecule has 0 aliphatic heterocycles. The summed E-state index contributed by atoms with van der Waals surface area (Å²) >= 11 is 0. The summed E-state index contributed by atoms with van der Waals surface area (Å²) in [4.78, 5) is 2.37. The van der Waals surface area contributed by atoms with Gasteiger partial charge in [0.15, 0.2) is 0 Å². The molecule has 0 spiro atoms. The molecule has 0 saturated carbocycles. The predicted molar refractivity (Wildman–Crippen MR) is 218 cm³/mol. The van der Waals surface area contributed by atoms with Gasteiger partial charge in [0.05, 0.1) is 5.69 Å². The Morgan fingerprint density at radius 2 is 0.865 bits per heavy atom. The average Bonchev–Trinajstić information content (AvgIpc) is 3.67. The summed E-state index contributed by atoms with van der Waals surface area (Å²) in [7, 11) is 0. The highest BCUT2D eigenvalue weighted by Gasteiger charge is 2.19. The van der Waals surface area contributed by atoms with E-state index in [0.717, 1.165) is 61.6 Å². The second kappa shape index (κ2) is 13.8. The molecule has 0 bridgehead atoms. The average molecular weight is 666 g/mol. The summed E-state index contributed by atoms with van der Waals surface area (Å²) < 4.78 is 6.44. The summed E-state index contributed by atoms with van der Waals surface area (Å²) in [6.45, 7) is 0. The number of rotatable bonds is 8. The highest BCUT2D eigenvalue weighted by atomic mass is 16.3. The van der Waals surface area contributed by atoms with Gasteiger partial charge in [-0.15, -0.1) is 0 Å². The molecule has 2 heteroatoms. The molecular weight excluding hydrogens is 631 g/mol. The van der Waals surface area contributed by atoms with Crippen molar-refractivity contribution in [3.05, 3.63) is 212 Å². The van der Waals surface area contributed by atoms with Crippen molar-refractivity contribution >= 4 is 28.0 Å². The number of hydrogen-bond donors (Lipinski definition) is 0. The lowest BCUT2D eigenvalue weighted by atomic mass is 9.93. The standard InChI is InChI=1S/C50H35NO/c1-4-15-36(16-5-1)40-22-14-23-44(33-40)51(48-25-12-11-24-46(48)39-19-8-3-9-20-39)43-30-27-37(28-31-43)41-29-32-45(38-17-6-2-7-18-38)47(34-41)50-35-42-21-10-13-26-49(42)52-50/h1-35H. The van der Waals surface area contributed by atoms with Crippen LogP contribution < -0.4 is 4.90 Å². The molecule has 1 aromatic heterocycles. The van der Waals surface area contributed by atoms with Crippen LogP contribution in [0.1, 0.15) is 0 Å². The van der Waals surface area contributed by atoms with Gasteiger partial charge in [-0.3, -0.25) is 0 Å². The number of anilines is 3. The second-order valence-electron chi connectivity index (χ2n) is 13.0. The van der Waals surface area contributed by atoms with Gasteiger partial charge in [0.2, 0.25) is 0 Å². The third-order valence-electron chi connectivity index (χ3n) is 9.70. The number of nitrogens with zero attached hydrogens (tertiary/aromatic N) is 1. The molecule has 52 heavy (non-hydrogen) atoms. The molecule has 0 aliphatic rings. The fourth-order valence-electron chi connectivity index (χ4n) is 7.13. The maximum atomic E-state index is 6.44. The molecule has 0 N–H and O–H groups in total. The van der Waals surface area contributed by atoms with Crippen LogP contribution in [0, 0.1) is 0 Å². The van der Waals surface area contributed by atoms with Crippen molar-refractivity contribution in [3.63, 3.8) is 0 Å². The summed E-state index contributed by atoms with van der Waals surface area (Å²) in [5.41, 5.74) is 14.5. The van der Waals surface area contributed by atoms with Gasteiger partial charge < -0.3 is 9.32 Å². The van der Waals surface area contributed by atoms with Crippen LogP contribution in [0.5, 0.6) is 0 Å². The van der Waals surface area contributed by atoms with Crippen molar-refractivity contribution in [2.75, 3.05) is 4.90 Å². The SMILES string of the molecule is c1ccc(-c2cccc(N(c3ccc(-c4ccc(-c5ccccc5)c(-c5cc6ccccc6o5)c4)cc3)c3ccccc3-c3ccccc3)c2)cc1. The normalized spacial score (nSPS) is 11.1. The zero-order valence-electron chi connectivity index (χ0n) is 28.6. The zero-order valence-corrected chi connectivity index (χ0v) is 28.6. The Labute approximate surface area is 304 Å². The van der Waals surface area contributed by atoms with Crippen LogP contribution >= 0.6 is 0 Å². The molecule has 2 nitrogen and oxygen atoms in total. The largest absolute Gasteiger partial charge is 0.456 e. The lowest BCUT2D eigenvalue weighted by Gasteiger charge is -2.28. The summed E-state index contributed by atoms with van der Waals surface area (Å²) in [6, 6.07) is 75.2. The third-order valence-corrected chi connectivity index (χ3v) is 9.70. The fourth-order valence-corrected chi connectivity index (χ4v) is 7.13. The van der Waals surface area contributed by atoms with Crippen LogP contribution in [0.15, 0.2) is 217 Å². The predicted octanol–water partition coefficient (Wildman–Crippen LogP) is 14.2. The van der Waals surface area contributed by atoms with Gasteiger partial charge in [-0.2, -0.15) is 0 Å². The molecule has 0 amide bonds. The lowest BCUT2D eigenvalue weighted by Crippen LogP contribution is -2.11. The van der Waals surface area contributed by atoms with E-state index in [1.807, 2.05) is 12.1 Å². The van der Waals surface area contributed by atoms with Crippen molar-refractivity contribution in [1.82, 2.24) is 0 Å². The molecule has 0 aliphatic carbocycles. The van der Waals surface area contributed by atoms with Crippen molar-refractivity contribution in [2.24, 2.45) is 0 Å². The summed E-state index contributed by atoms with van der Waals surface area (Å²) in [6.07, 6.45) is 0. The first-order valence-corrected chi connectivity index (χ1v) is 17.7. The Morgan fingerprint density at radius 1 is 0.308 bits per heavy atom. The Hall–Kier alpha value is -6.90. The van der Waals surface area contributed by atoms with E-state index in [9.17, 15) is 0 Å². The van der Waals surface area contributed by atoms with Gasteiger partial charge in [0.1, 0.15) is 11.3 Å². The Bertz CT molecular complexity index is 2570. The number of para-hydroxylation sites is 2. The van der Waals surface area contributed by atoms with Crippen LogP contribution in [-0.4, -0.2) is 0 Å². The number of benzene rings is 8. The molecule has 0 radical (unpaired) electrons. The van der Waals surface area contributed by atoms with E-state index in [-0.39, 0.29) is 0 Å². The zero-order chi connectivity index (χ0) is 34.7. The van der Waals surface area contributed by atoms with Crippen LogP contribution in [0.25, 0.3) is 66.8 Å². The number of furan rings is 1. The minimum absolute atomic E-state index is 0.862. The number of hydrogen-bond acceptors (Lipinski definition) is 2. The van der Waals surface area contributed by atoms with E-state index < -0.39 is 0 Å². The monoisotopic (exact) mass is 665 g/mol. The quantitative estimate of drug-likeness (QED) is 0.161. The van der Waals surface area contributed by atoms with Crippen molar-refractivity contribution < 1.29 is 4.42 Å². The minimum Gasteiger partial charge on any atom is -0.456 e. The van der Waals surface area contributed by atoms with Crippen LogP contribution in [0.3, 0.4) is 0 Å². The van der Waals surface area contributed by atoms with Crippen molar-refractivity contribution in [2.45, 2.75) is 0 Å². The highest BCUT2D eigenvalue weighted by Crippen LogP contribution is 2.43. The summed E-state index contributed by atoms with van der Waals surface area (Å²) in [5, 5.41) is 1.10. The maximum absolute atomic E-state index is 6.44. The van der Waals surface area contributed by atoms with Gasteiger partial charge in [0, 0.05) is 27.9 Å². The topological polar surface area (TPSA) is 16.4 Å². The fraction of sp³-hybridized carbons (Fsp3) is 0. The summed E-state index contributed by atoms with van der Waals surface area (Å²) in [5.74, 6) is 0.862. The number of fused-ring (bicyclic) bond motifs is 1. The maximum Gasteiger partial charge on any atom is 0.136 e. The van der Waals surface area contributed by atoms with Crippen LogP contribution in [0.4, 0.5) is 17.1 Å². The Kier molecular flexibility index (Phi) is 8.24. The first kappa shape index (κ1) is 31.1. The first-order chi connectivity index (χ1) is 25.8. The molecule has 246 valence electrons. The van der Waals surface area contributed by atoms with E-state index in [1.54, 1.807) is 0 Å². The lowest BCUT2D eigenvalue weighted by molar-refractivity contribution is 0.632. The smallest absolute Gasteiger partial charge is 0.136 e. The Morgan fingerprint density at radius 3 is 1.60 bits per heavy atom. The molecule has 8 aromatic carbocycles. The van der Waals surface area contributed by atoms with Crippen molar-refractivity contribution in [3.8, 4) is 55.8 Å². The van der Waals surface area contributed by atoms with E-state index in [4.69, 9.17) is 4.42 Å². The van der Waals surface area contributed by atoms with E-state index in [1.165, 1.54) is 22.3 Å². The molecule has 0 fully saturated rings. The van der Waals surface area contributed by atoms with Gasteiger partial charge in [-0.25, -0.2) is 0 Å². The Balaban J connectivity index is 1.16. The van der Waals surface area contributed by atoms with Gasteiger partial charge in [0.25, 0.3) is 0 Å². The molecule has 1 heterocycles.